The standard InChI is InChI=1S/C21H19N3O3S2/c1-26-13-8-9-16-18(11-13)29-21(23-16)24(12-14-5-4-10-27-14)20(25)19-22-15-6-2-3-7-17(15)28-19/h2-3,6-9,11,14H,4-5,10,12H2,1H3. The maximum Gasteiger partial charge on any atom is 0.289 e. The second-order valence-electron chi connectivity index (χ2n) is 6.87. The number of amides is 1. The molecule has 1 fully saturated rings. The molecule has 1 amide bonds. The van der Waals surface area contributed by atoms with Crippen LogP contribution in [0.5, 0.6) is 5.75 Å². The average Bonchev–Trinajstić information content (AvgIpc) is 3.49. The maximum absolute atomic E-state index is 13.5. The first-order valence-electron chi connectivity index (χ1n) is 9.45. The van der Waals surface area contributed by atoms with E-state index in [4.69, 9.17) is 14.5 Å². The van der Waals surface area contributed by atoms with Crippen molar-refractivity contribution in [1.29, 1.82) is 0 Å². The van der Waals surface area contributed by atoms with Crippen LogP contribution in [0.2, 0.25) is 0 Å². The lowest BCUT2D eigenvalue weighted by molar-refractivity contribution is 0.0917. The molecule has 6 nitrogen and oxygen atoms in total. The molecule has 1 aliphatic heterocycles. The molecule has 8 heteroatoms. The molecule has 1 aliphatic rings. The zero-order valence-corrected chi connectivity index (χ0v) is 17.5. The number of rotatable bonds is 5. The van der Waals surface area contributed by atoms with Crippen molar-refractivity contribution in [2.75, 3.05) is 25.2 Å². The first-order valence-corrected chi connectivity index (χ1v) is 11.1. The van der Waals surface area contributed by atoms with Crippen molar-refractivity contribution in [3.8, 4) is 5.75 Å². The summed E-state index contributed by atoms with van der Waals surface area (Å²) in [5.41, 5.74) is 1.69. The third-order valence-corrected chi connectivity index (χ3v) is 7.01. The molecule has 1 unspecified atom stereocenters. The number of nitrogens with zero attached hydrogens (tertiary/aromatic N) is 3. The fourth-order valence-corrected chi connectivity index (χ4v) is 5.37. The molecule has 2 aromatic heterocycles. The van der Waals surface area contributed by atoms with Crippen molar-refractivity contribution in [1.82, 2.24) is 9.97 Å². The van der Waals surface area contributed by atoms with Crippen LogP contribution in [0.4, 0.5) is 5.13 Å². The van der Waals surface area contributed by atoms with E-state index in [0.29, 0.717) is 16.7 Å². The maximum atomic E-state index is 13.5. The molecule has 0 bridgehead atoms. The Kier molecular flexibility index (Phi) is 4.91. The van der Waals surface area contributed by atoms with E-state index >= 15 is 0 Å². The Morgan fingerprint density at radius 3 is 2.83 bits per heavy atom. The van der Waals surface area contributed by atoms with E-state index in [1.165, 1.54) is 22.7 Å². The SMILES string of the molecule is COc1ccc2nc(N(CC3CCCO3)C(=O)c3nc4ccccc4s3)sc2c1. The van der Waals surface area contributed by atoms with Crippen LogP contribution in [0.15, 0.2) is 42.5 Å². The minimum Gasteiger partial charge on any atom is -0.497 e. The summed E-state index contributed by atoms with van der Waals surface area (Å²) < 4.78 is 13.1. The van der Waals surface area contributed by atoms with Gasteiger partial charge in [0, 0.05) is 6.61 Å². The molecular formula is C21H19N3O3S2. The number of aromatic nitrogens is 2. The molecule has 0 aliphatic carbocycles. The fraction of sp³-hybridized carbons (Fsp3) is 0.286. The van der Waals surface area contributed by atoms with Crippen molar-refractivity contribution >= 4 is 54.1 Å². The van der Waals surface area contributed by atoms with Crippen molar-refractivity contribution in [2.24, 2.45) is 0 Å². The number of hydrogen-bond acceptors (Lipinski definition) is 7. The van der Waals surface area contributed by atoms with Crippen LogP contribution in [0.3, 0.4) is 0 Å². The highest BCUT2D eigenvalue weighted by molar-refractivity contribution is 7.23. The summed E-state index contributed by atoms with van der Waals surface area (Å²) in [5.74, 6) is 0.642. The Balaban J connectivity index is 1.54. The Bertz CT molecular complexity index is 1150. The van der Waals surface area contributed by atoms with E-state index in [2.05, 4.69) is 4.98 Å². The molecule has 29 heavy (non-hydrogen) atoms. The van der Waals surface area contributed by atoms with Gasteiger partial charge >= 0.3 is 0 Å². The molecule has 0 N–H and O–H groups in total. The van der Waals surface area contributed by atoms with Gasteiger partial charge in [-0.15, -0.1) is 11.3 Å². The second kappa shape index (κ2) is 7.70. The largest absolute Gasteiger partial charge is 0.497 e. The number of benzene rings is 2. The van der Waals surface area contributed by atoms with Gasteiger partial charge in [-0.3, -0.25) is 9.69 Å². The highest BCUT2D eigenvalue weighted by Gasteiger charge is 2.29. The summed E-state index contributed by atoms with van der Waals surface area (Å²) in [6.07, 6.45) is 1.99. The predicted molar refractivity (Wildman–Crippen MR) is 116 cm³/mol. The van der Waals surface area contributed by atoms with E-state index in [1.54, 1.807) is 12.0 Å². The molecule has 0 saturated carbocycles. The molecule has 4 aromatic rings. The normalized spacial score (nSPS) is 16.5. The van der Waals surface area contributed by atoms with E-state index in [9.17, 15) is 4.79 Å². The smallest absolute Gasteiger partial charge is 0.289 e. The molecule has 5 rings (SSSR count). The van der Waals surface area contributed by atoms with Crippen LogP contribution >= 0.6 is 22.7 Å². The summed E-state index contributed by atoms with van der Waals surface area (Å²) in [5, 5.41) is 1.13. The quantitative estimate of drug-likeness (QED) is 0.462. The minimum absolute atomic E-state index is 0.0230. The number of para-hydroxylation sites is 1. The summed E-state index contributed by atoms with van der Waals surface area (Å²) >= 11 is 2.90. The van der Waals surface area contributed by atoms with Gasteiger partial charge in [0.1, 0.15) is 5.75 Å². The van der Waals surface area contributed by atoms with Crippen LogP contribution in [0.25, 0.3) is 20.4 Å². The minimum atomic E-state index is -0.132. The van der Waals surface area contributed by atoms with Crippen molar-refractivity contribution in [3.63, 3.8) is 0 Å². The molecule has 0 radical (unpaired) electrons. The Hall–Kier alpha value is -2.55. The van der Waals surface area contributed by atoms with Gasteiger partial charge in [0.05, 0.1) is 40.2 Å². The Morgan fingerprint density at radius 2 is 2.03 bits per heavy atom. The van der Waals surface area contributed by atoms with Gasteiger partial charge in [0.15, 0.2) is 10.1 Å². The zero-order chi connectivity index (χ0) is 19.8. The molecule has 1 saturated heterocycles. The highest BCUT2D eigenvalue weighted by atomic mass is 32.1. The number of hydrogen-bond donors (Lipinski definition) is 0. The fourth-order valence-electron chi connectivity index (χ4n) is 3.45. The molecule has 3 heterocycles. The van der Waals surface area contributed by atoms with E-state index in [0.717, 1.165) is 45.6 Å². The number of thiazole rings is 2. The third-order valence-electron chi connectivity index (χ3n) is 4.95. The average molecular weight is 426 g/mol. The van der Waals surface area contributed by atoms with Crippen molar-refractivity contribution in [2.45, 2.75) is 18.9 Å². The van der Waals surface area contributed by atoms with Gasteiger partial charge in [-0.05, 0) is 43.2 Å². The van der Waals surface area contributed by atoms with Gasteiger partial charge in [0.25, 0.3) is 5.91 Å². The second-order valence-corrected chi connectivity index (χ2v) is 8.91. The molecule has 0 spiro atoms. The van der Waals surface area contributed by atoms with Gasteiger partial charge in [-0.1, -0.05) is 23.5 Å². The van der Waals surface area contributed by atoms with Crippen LogP contribution in [-0.2, 0) is 4.74 Å². The van der Waals surface area contributed by atoms with Gasteiger partial charge in [0.2, 0.25) is 0 Å². The third kappa shape index (κ3) is 3.59. The molecule has 2 aromatic carbocycles. The number of carbonyl (C=O) groups excluding carboxylic acids is 1. The lowest BCUT2D eigenvalue weighted by Crippen LogP contribution is -2.37. The number of fused-ring (bicyclic) bond motifs is 2. The number of methoxy groups -OCH3 is 1. The highest BCUT2D eigenvalue weighted by Crippen LogP contribution is 2.34. The van der Waals surface area contributed by atoms with Gasteiger partial charge < -0.3 is 9.47 Å². The number of ether oxygens (including phenoxy) is 2. The lowest BCUT2D eigenvalue weighted by atomic mass is 10.2. The monoisotopic (exact) mass is 425 g/mol. The van der Waals surface area contributed by atoms with E-state index < -0.39 is 0 Å². The van der Waals surface area contributed by atoms with Gasteiger partial charge in [-0.2, -0.15) is 0 Å². The summed E-state index contributed by atoms with van der Waals surface area (Å²) in [6, 6.07) is 13.5. The first kappa shape index (κ1) is 18.5. The van der Waals surface area contributed by atoms with Crippen molar-refractivity contribution < 1.29 is 14.3 Å². The van der Waals surface area contributed by atoms with Crippen LogP contribution in [0.1, 0.15) is 22.6 Å². The Morgan fingerprint density at radius 1 is 1.17 bits per heavy atom. The topological polar surface area (TPSA) is 64.6 Å². The zero-order valence-electron chi connectivity index (χ0n) is 15.8. The van der Waals surface area contributed by atoms with E-state index in [1.807, 2.05) is 42.5 Å². The van der Waals surface area contributed by atoms with Crippen molar-refractivity contribution in [3.05, 3.63) is 47.5 Å². The first-order chi connectivity index (χ1) is 14.2. The predicted octanol–water partition coefficient (Wildman–Crippen LogP) is 4.74. The lowest BCUT2D eigenvalue weighted by Gasteiger charge is -2.22. The van der Waals surface area contributed by atoms with Crippen LogP contribution < -0.4 is 9.64 Å². The molecule has 148 valence electrons. The number of anilines is 1. The summed E-state index contributed by atoms with van der Waals surface area (Å²) in [7, 11) is 1.64. The number of carbonyl (C=O) groups is 1. The van der Waals surface area contributed by atoms with Crippen LogP contribution in [-0.4, -0.2) is 42.2 Å². The summed E-state index contributed by atoms with van der Waals surface area (Å²) in [4.78, 5) is 24.5. The molecule has 1 atom stereocenters. The molecular weight excluding hydrogens is 406 g/mol. The van der Waals surface area contributed by atoms with E-state index in [-0.39, 0.29) is 12.0 Å². The Labute approximate surface area is 175 Å². The summed E-state index contributed by atoms with van der Waals surface area (Å²) in [6.45, 7) is 1.22. The van der Waals surface area contributed by atoms with Gasteiger partial charge in [-0.25, -0.2) is 9.97 Å². The van der Waals surface area contributed by atoms with Crippen LogP contribution in [0, 0.1) is 0 Å².